The molecule has 0 bridgehead atoms. The van der Waals surface area contributed by atoms with Gasteiger partial charge in [-0.25, -0.2) is 9.98 Å². The van der Waals surface area contributed by atoms with Gasteiger partial charge < -0.3 is 14.7 Å². The number of nitrogens with zero attached hydrogens (tertiary/aromatic N) is 7. The lowest BCUT2D eigenvalue weighted by molar-refractivity contribution is -0.129. The normalized spacial score (nSPS) is 18.1. The highest BCUT2D eigenvalue weighted by Crippen LogP contribution is 2.30. The number of aromatic nitrogens is 3. The molecule has 39 heavy (non-hydrogen) atoms. The third-order valence-corrected chi connectivity index (χ3v) is 8.36. The number of benzene rings is 1. The van der Waals surface area contributed by atoms with Crippen LogP contribution in [0.5, 0.6) is 0 Å². The van der Waals surface area contributed by atoms with Crippen LogP contribution < -0.4 is 9.80 Å². The number of likely N-dealkylation sites (tertiary alicyclic amines) is 1. The maximum atomic E-state index is 11.9. The summed E-state index contributed by atoms with van der Waals surface area (Å²) in [5.41, 5.74) is 10.2. The van der Waals surface area contributed by atoms with Crippen LogP contribution in [0.3, 0.4) is 0 Å². The predicted molar refractivity (Wildman–Crippen MR) is 156 cm³/mol. The number of aliphatic imine (C=N–C) groups is 1. The summed E-state index contributed by atoms with van der Waals surface area (Å²) in [6.07, 6.45) is 7.15. The topological polar surface area (TPSA) is 69.3 Å². The molecule has 202 valence electrons. The van der Waals surface area contributed by atoms with E-state index in [9.17, 15) is 4.79 Å². The molecule has 3 aromatic rings. The van der Waals surface area contributed by atoms with Gasteiger partial charge in [-0.2, -0.15) is 9.61 Å². The number of allylic oxidation sites excluding steroid dienone is 1. The lowest BCUT2D eigenvalue weighted by atomic mass is 10.0. The van der Waals surface area contributed by atoms with Crippen molar-refractivity contribution >= 4 is 34.6 Å². The molecule has 8 heteroatoms. The number of amides is 1. The van der Waals surface area contributed by atoms with E-state index < -0.39 is 0 Å². The van der Waals surface area contributed by atoms with E-state index in [2.05, 4.69) is 72.8 Å². The molecule has 3 aliphatic heterocycles. The molecule has 2 fully saturated rings. The summed E-state index contributed by atoms with van der Waals surface area (Å²) in [4.78, 5) is 28.8. The van der Waals surface area contributed by atoms with E-state index in [1.54, 1.807) is 6.92 Å². The largest absolute Gasteiger partial charge is 0.356 e. The smallest absolute Gasteiger partial charge is 0.219 e. The Hall–Kier alpha value is -3.90. The van der Waals surface area contributed by atoms with Crippen LogP contribution in [0.15, 0.2) is 52.7 Å². The molecule has 0 saturated carbocycles. The van der Waals surface area contributed by atoms with Crippen molar-refractivity contribution in [3.8, 4) is 0 Å². The maximum absolute atomic E-state index is 11.9. The molecular formula is C31H37N7O. The molecule has 0 unspecified atom stereocenters. The highest BCUT2D eigenvalue weighted by molar-refractivity contribution is 6.12. The van der Waals surface area contributed by atoms with Crippen molar-refractivity contribution in [3.63, 3.8) is 0 Å². The molecule has 0 aliphatic carbocycles. The van der Waals surface area contributed by atoms with Gasteiger partial charge in [-0.05, 0) is 62.8 Å². The van der Waals surface area contributed by atoms with Crippen molar-refractivity contribution in [2.24, 2.45) is 4.99 Å². The van der Waals surface area contributed by atoms with Crippen molar-refractivity contribution < 1.29 is 4.79 Å². The molecule has 8 nitrogen and oxygen atoms in total. The minimum atomic E-state index is 0.157. The molecule has 6 rings (SSSR count). The van der Waals surface area contributed by atoms with Gasteiger partial charge in [0.05, 0.1) is 5.69 Å². The first-order valence-electron chi connectivity index (χ1n) is 14.1. The Kier molecular flexibility index (Phi) is 6.73. The predicted octanol–water partition coefficient (Wildman–Crippen LogP) is 4.86. The fraction of sp³-hybridized carbons (Fsp3) is 0.452. The molecular weight excluding hydrogens is 486 g/mol. The van der Waals surface area contributed by atoms with Gasteiger partial charge in [0.15, 0.2) is 5.65 Å². The second-order valence-electron chi connectivity index (χ2n) is 11.1. The summed E-state index contributed by atoms with van der Waals surface area (Å²) >= 11 is 0. The van der Waals surface area contributed by atoms with Crippen molar-refractivity contribution in [3.05, 3.63) is 64.5 Å². The van der Waals surface area contributed by atoms with Crippen LogP contribution in [0, 0.1) is 6.92 Å². The lowest BCUT2D eigenvalue weighted by Crippen LogP contribution is -2.45. The fourth-order valence-electron chi connectivity index (χ4n) is 5.96. The lowest BCUT2D eigenvalue weighted by Gasteiger charge is -2.37. The van der Waals surface area contributed by atoms with E-state index in [4.69, 9.17) is 15.1 Å². The zero-order valence-electron chi connectivity index (χ0n) is 23.4. The Morgan fingerprint density at radius 1 is 1.05 bits per heavy atom. The molecule has 2 saturated heterocycles. The van der Waals surface area contributed by atoms with Gasteiger partial charge in [-0.3, -0.25) is 4.79 Å². The number of carbonyl (C=O) groups excluding carboxylic acids is 1. The van der Waals surface area contributed by atoms with Crippen LogP contribution in [-0.4, -0.2) is 70.4 Å². The van der Waals surface area contributed by atoms with Gasteiger partial charge in [-0.15, -0.1) is 5.73 Å². The second-order valence-corrected chi connectivity index (χ2v) is 11.1. The van der Waals surface area contributed by atoms with Crippen LogP contribution in [0.1, 0.15) is 56.4 Å². The maximum Gasteiger partial charge on any atom is 0.219 e. The highest BCUT2D eigenvalue weighted by atomic mass is 16.2. The van der Waals surface area contributed by atoms with Crippen LogP contribution in [0.2, 0.25) is 0 Å². The summed E-state index contributed by atoms with van der Waals surface area (Å²) in [6.45, 7) is 9.44. The van der Waals surface area contributed by atoms with Crippen molar-refractivity contribution in [1.82, 2.24) is 19.5 Å². The van der Waals surface area contributed by atoms with E-state index >= 15 is 0 Å². The van der Waals surface area contributed by atoms with Crippen molar-refractivity contribution in [2.75, 3.05) is 43.0 Å². The number of hydrogen-bond donors (Lipinski definition) is 0. The number of carbonyl (C=O) groups is 1. The van der Waals surface area contributed by atoms with Crippen molar-refractivity contribution in [1.29, 1.82) is 0 Å². The molecule has 3 aliphatic rings. The van der Waals surface area contributed by atoms with E-state index in [-0.39, 0.29) is 5.91 Å². The Morgan fingerprint density at radius 2 is 1.82 bits per heavy atom. The Labute approximate surface area is 230 Å². The quantitative estimate of drug-likeness (QED) is 0.457. The molecule has 0 atom stereocenters. The van der Waals surface area contributed by atoms with Gasteiger partial charge >= 0.3 is 0 Å². The number of rotatable bonds is 4. The van der Waals surface area contributed by atoms with Gasteiger partial charge in [-0.1, -0.05) is 12.1 Å². The Bertz CT molecular complexity index is 1510. The first-order valence-corrected chi connectivity index (χ1v) is 14.1. The minimum Gasteiger partial charge on any atom is -0.356 e. The third kappa shape index (κ3) is 4.97. The van der Waals surface area contributed by atoms with Crippen LogP contribution in [0.4, 0.5) is 17.3 Å². The van der Waals surface area contributed by atoms with Gasteiger partial charge in [0, 0.05) is 70.3 Å². The third-order valence-electron chi connectivity index (χ3n) is 8.36. The average Bonchev–Trinajstić information content (AvgIpc) is 3.61. The van der Waals surface area contributed by atoms with E-state index in [0.29, 0.717) is 6.04 Å². The Balaban J connectivity index is 1.44. The molecule has 0 spiro atoms. The number of piperidine rings is 1. The monoisotopic (exact) mass is 523 g/mol. The molecule has 5 heterocycles. The van der Waals surface area contributed by atoms with E-state index in [1.807, 2.05) is 9.42 Å². The average molecular weight is 524 g/mol. The molecule has 0 radical (unpaired) electrons. The molecule has 2 aromatic heterocycles. The summed E-state index contributed by atoms with van der Waals surface area (Å²) in [7, 11) is 2.15. The van der Waals surface area contributed by atoms with Crippen LogP contribution in [0.25, 0.3) is 5.65 Å². The Morgan fingerprint density at radius 3 is 2.56 bits per heavy atom. The van der Waals surface area contributed by atoms with Crippen LogP contribution >= 0.6 is 0 Å². The molecule has 1 amide bonds. The SMILES string of the molecule is CC(=O)N1CCC(N(C)c2cc(N3CCCC3)nc3cc(C4=Nc5cc(C)ccc5CC=C=C4C)nn23)CC1. The minimum absolute atomic E-state index is 0.157. The van der Waals surface area contributed by atoms with Gasteiger partial charge in [0.1, 0.15) is 23.0 Å². The standard InChI is InChI=1S/C31H37N7O/c1-21-10-11-24-9-7-8-22(2)31(32-26(24)18-21)27-19-29-33-28(37-14-5-6-15-37)20-30(38(29)34-27)35(4)25-12-16-36(17-13-25)23(3)39/h7,10-11,18-20,25H,5-6,9,12-17H2,1-4H3. The van der Waals surface area contributed by atoms with Gasteiger partial charge in [0.25, 0.3) is 0 Å². The summed E-state index contributed by atoms with van der Waals surface area (Å²) in [6, 6.07) is 11.0. The zero-order valence-corrected chi connectivity index (χ0v) is 23.4. The first kappa shape index (κ1) is 25.4. The van der Waals surface area contributed by atoms with Crippen LogP contribution in [-0.2, 0) is 11.2 Å². The second kappa shape index (κ2) is 10.3. The summed E-state index contributed by atoms with van der Waals surface area (Å²) in [5.74, 6) is 2.18. The summed E-state index contributed by atoms with van der Waals surface area (Å²) < 4.78 is 1.97. The molecule has 0 N–H and O–H groups in total. The first-order chi connectivity index (χ1) is 18.9. The zero-order chi connectivity index (χ0) is 27.1. The van der Waals surface area contributed by atoms with Crippen molar-refractivity contribution in [2.45, 2.75) is 58.9 Å². The fourth-order valence-corrected chi connectivity index (χ4v) is 5.96. The molecule has 1 aromatic carbocycles. The number of aryl methyl sites for hydroxylation is 1. The summed E-state index contributed by atoms with van der Waals surface area (Å²) in [5, 5.41) is 5.11. The number of hydrogen-bond acceptors (Lipinski definition) is 6. The van der Waals surface area contributed by atoms with E-state index in [1.165, 1.54) is 24.0 Å². The highest BCUT2D eigenvalue weighted by Gasteiger charge is 2.27. The van der Waals surface area contributed by atoms with Gasteiger partial charge in [0.2, 0.25) is 5.91 Å². The van der Waals surface area contributed by atoms with E-state index in [0.717, 1.165) is 85.4 Å². The number of anilines is 2. The number of fused-ring (bicyclic) bond motifs is 2.